The number of hydrogen-bond acceptors (Lipinski definition) is 9. The third kappa shape index (κ3) is 5.30. The molecule has 9 nitrogen and oxygen atoms in total. The second-order valence-electron chi connectivity index (χ2n) is 9.80. The van der Waals surface area contributed by atoms with Crippen LogP contribution in [0.3, 0.4) is 0 Å². The summed E-state index contributed by atoms with van der Waals surface area (Å²) in [5.41, 5.74) is 0.162. The lowest BCUT2D eigenvalue weighted by Crippen LogP contribution is -2.53. The Morgan fingerprint density at radius 3 is 2.63 bits per heavy atom. The molecule has 4 N–H and O–H groups in total. The molecule has 3 aliphatic rings. The van der Waals surface area contributed by atoms with Crippen molar-refractivity contribution >= 4 is 12.0 Å². The van der Waals surface area contributed by atoms with Gasteiger partial charge in [-0.1, -0.05) is 44.2 Å². The molecule has 0 spiro atoms. The van der Waals surface area contributed by atoms with Gasteiger partial charge in [-0.05, 0) is 23.6 Å². The van der Waals surface area contributed by atoms with Crippen molar-refractivity contribution in [3.63, 3.8) is 0 Å². The number of rotatable bonds is 7. The van der Waals surface area contributed by atoms with Crippen molar-refractivity contribution in [3.8, 4) is 0 Å². The number of ether oxygens (including phenoxy) is 4. The van der Waals surface area contributed by atoms with E-state index in [2.05, 4.69) is 0 Å². The van der Waals surface area contributed by atoms with E-state index < -0.39 is 48.4 Å². The van der Waals surface area contributed by atoms with E-state index in [-0.39, 0.29) is 37.4 Å². The number of fused-ring (bicyclic) bond motifs is 1. The Morgan fingerprint density at radius 2 is 1.91 bits per heavy atom. The molecule has 9 heteroatoms. The molecule has 4 rings (SSSR count). The molecule has 0 amide bonds. The fraction of sp³-hybridized carbons (Fsp3) is 0.577. The van der Waals surface area contributed by atoms with Crippen LogP contribution in [0.2, 0.25) is 0 Å². The SMILES string of the molecule is C[C@H]1[C@@H](O)C2C=CO[C@@H](OC3OC(COC(=O)/C=C/c4ccccc4)C(O)CC3O)C2C1(C)CO. The van der Waals surface area contributed by atoms with Crippen LogP contribution in [0.5, 0.6) is 0 Å². The van der Waals surface area contributed by atoms with E-state index in [0.717, 1.165) is 5.56 Å². The molecular weight excluding hydrogens is 456 g/mol. The maximum atomic E-state index is 12.1. The van der Waals surface area contributed by atoms with E-state index >= 15 is 0 Å². The highest BCUT2D eigenvalue weighted by Crippen LogP contribution is 2.55. The summed E-state index contributed by atoms with van der Waals surface area (Å²) in [5.74, 6) is -1.48. The molecule has 7 unspecified atom stereocenters. The van der Waals surface area contributed by atoms with Crippen LogP contribution >= 0.6 is 0 Å². The highest BCUT2D eigenvalue weighted by Gasteiger charge is 2.59. The van der Waals surface area contributed by atoms with Gasteiger partial charge < -0.3 is 39.4 Å². The number of aliphatic hydroxyl groups is 4. The van der Waals surface area contributed by atoms with Gasteiger partial charge in [0, 0.05) is 36.4 Å². The average Bonchev–Trinajstić information content (AvgIpc) is 3.06. The maximum Gasteiger partial charge on any atom is 0.330 e. The number of benzene rings is 1. The maximum absolute atomic E-state index is 12.1. The van der Waals surface area contributed by atoms with Gasteiger partial charge >= 0.3 is 5.97 Å². The third-order valence-electron chi connectivity index (χ3n) is 7.68. The van der Waals surface area contributed by atoms with Crippen molar-refractivity contribution in [2.45, 2.75) is 57.3 Å². The second kappa shape index (κ2) is 10.8. The van der Waals surface area contributed by atoms with Crippen LogP contribution in [-0.2, 0) is 23.7 Å². The van der Waals surface area contributed by atoms with Gasteiger partial charge in [-0.15, -0.1) is 0 Å². The molecule has 1 aliphatic carbocycles. The Morgan fingerprint density at radius 1 is 1.17 bits per heavy atom. The van der Waals surface area contributed by atoms with Gasteiger partial charge in [0.05, 0.1) is 18.5 Å². The first-order valence-corrected chi connectivity index (χ1v) is 11.9. The second-order valence-corrected chi connectivity index (χ2v) is 9.80. The minimum atomic E-state index is -1.16. The zero-order valence-corrected chi connectivity index (χ0v) is 19.8. The summed E-state index contributed by atoms with van der Waals surface area (Å²) in [4.78, 5) is 12.1. The number of hydrogen-bond donors (Lipinski definition) is 4. The third-order valence-corrected chi connectivity index (χ3v) is 7.68. The predicted molar refractivity (Wildman–Crippen MR) is 124 cm³/mol. The number of esters is 1. The number of carbonyl (C=O) groups is 1. The summed E-state index contributed by atoms with van der Waals surface area (Å²) < 4.78 is 22.7. The highest BCUT2D eigenvalue weighted by atomic mass is 16.8. The van der Waals surface area contributed by atoms with Crippen LogP contribution in [0, 0.1) is 23.2 Å². The van der Waals surface area contributed by atoms with E-state index in [1.54, 1.807) is 12.2 Å². The molecule has 0 bridgehead atoms. The summed E-state index contributed by atoms with van der Waals surface area (Å²) in [6.45, 7) is 3.35. The Bertz CT molecular complexity index is 919. The Hall–Kier alpha value is -2.27. The lowest BCUT2D eigenvalue weighted by Gasteiger charge is -2.43. The highest BCUT2D eigenvalue weighted by molar-refractivity contribution is 5.87. The summed E-state index contributed by atoms with van der Waals surface area (Å²) in [7, 11) is 0. The van der Waals surface area contributed by atoms with Crippen molar-refractivity contribution in [1.29, 1.82) is 0 Å². The Labute approximate surface area is 204 Å². The molecular formula is C26H34O9. The quantitative estimate of drug-likeness (QED) is 0.329. The van der Waals surface area contributed by atoms with Gasteiger partial charge in [-0.3, -0.25) is 0 Å². The van der Waals surface area contributed by atoms with E-state index in [9.17, 15) is 25.2 Å². The van der Waals surface area contributed by atoms with Crippen LogP contribution in [0.15, 0.2) is 48.7 Å². The lowest BCUT2D eigenvalue weighted by atomic mass is 9.72. The molecule has 10 atom stereocenters. The van der Waals surface area contributed by atoms with Gasteiger partial charge in [0.25, 0.3) is 0 Å². The van der Waals surface area contributed by atoms with E-state index in [1.165, 1.54) is 12.3 Å². The smallest absolute Gasteiger partial charge is 0.330 e. The molecule has 2 heterocycles. The molecule has 1 aromatic carbocycles. The van der Waals surface area contributed by atoms with Gasteiger partial charge in [0.1, 0.15) is 18.8 Å². The van der Waals surface area contributed by atoms with Crippen molar-refractivity contribution in [3.05, 3.63) is 54.3 Å². The molecule has 1 aromatic rings. The van der Waals surface area contributed by atoms with Crippen molar-refractivity contribution in [1.82, 2.24) is 0 Å². The summed E-state index contributed by atoms with van der Waals surface area (Å²) >= 11 is 0. The summed E-state index contributed by atoms with van der Waals surface area (Å²) in [6, 6.07) is 9.28. The molecule has 2 aliphatic heterocycles. The predicted octanol–water partition coefficient (Wildman–Crippen LogP) is 1.21. The lowest BCUT2D eigenvalue weighted by molar-refractivity contribution is -0.327. The van der Waals surface area contributed by atoms with Crippen molar-refractivity contribution in [2.24, 2.45) is 23.2 Å². The van der Waals surface area contributed by atoms with Crippen molar-refractivity contribution < 1.29 is 44.2 Å². The van der Waals surface area contributed by atoms with E-state index in [0.29, 0.717) is 0 Å². The Kier molecular flexibility index (Phi) is 7.95. The van der Waals surface area contributed by atoms with E-state index in [4.69, 9.17) is 18.9 Å². The first-order chi connectivity index (χ1) is 16.7. The number of carbonyl (C=O) groups excluding carboxylic acids is 1. The minimum absolute atomic E-state index is 0.0420. The van der Waals surface area contributed by atoms with Crippen LogP contribution in [0.25, 0.3) is 6.08 Å². The molecule has 0 radical (unpaired) electrons. The molecule has 35 heavy (non-hydrogen) atoms. The molecule has 2 fully saturated rings. The minimum Gasteiger partial charge on any atom is -0.472 e. The van der Waals surface area contributed by atoms with Crippen LogP contribution in [0.1, 0.15) is 25.8 Å². The first kappa shape index (κ1) is 25.8. The fourth-order valence-corrected chi connectivity index (χ4v) is 5.28. The molecule has 1 saturated carbocycles. The van der Waals surface area contributed by atoms with Gasteiger partial charge in [0.15, 0.2) is 6.29 Å². The Balaban J connectivity index is 1.38. The van der Waals surface area contributed by atoms with Gasteiger partial charge in [0.2, 0.25) is 6.29 Å². The molecule has 1 saturated heterocycles. The van der Waals surface area contributed by atoms with Crippen LogP contribution in [-0.4, -0.2) is 76.6 Å². The van der Waals surface area contributed by atoms with Crippen molar-refractivity contribution in [2.75, 3.05) is 13.2 Å². The van der Waals surface area contributed by atoms with E-state index in [1.807, 2.05) is 44.2 Å². The largest absolute Gasteiger partial charge is 0.472 e. The van der Waals surface area contributed by atoms with Crippen LogP contribution in [0.4, 0.5) is 0 Å². The van der Waals surface area contributed by atoms with Gasteiger partial charge in [-0.2, -0.15) is 0 Å². The topological polar surface area (TPSA) is 135 Å². The summed E-state index contributed by atoms with van der Waals surface area (Å²) in [5, 5.41) is 41.7. The van der Waals surface area contributed by atoms with Crippen LogP contribution < -0.4 is 0 Å². The van der Waals surface area contributed by atoms with Gasteiger partial charge in [-0.25, -0.2) is 4.79 Å². The molecule has 192 valence electrons. The number of aliphatic hydroxyl groups excluding tert-OH is 4. The summed E-state index contributed by atoms with van der Waals surface area (Å²) in [6.07, 6.45) is 0.228. The monoisotopic (exact) mass is 490 g/mol. The standard InChI is InChI=1S/C26H34O9/c1-15-23(31)17-10-11-32-25(22(17)26(15,2)14-27)35-24-19(29)12-18(28)20(34-24)13-33-21(30)9-8-16-6-4-3-5-7-16/h3-11,15,17-20,22-25,27-29,31H,12-14H2,1-2H3/b9-8+/t15-,17?,18?,19?,20?,22?,23+,24?,25-,26?/m0/s1. The fourth-order valence-electron chi connectivity index (χ4n) is 5.28. The zero-order chi connectivity index (χ0) is 25.2. The molecule has 0 aromatic heterocycles. The average molecular weight is 491 g/mol. The first-order valence-electron chi connectivity index (χ1n) is 11.9. The zero-order valence-electron chi connectivity index (χ0n) is 19.8. The normalized spacial score (nSPS) is 40.9.